The van der Waals surface area contributed by atoms with Gasteiger partial charge in [-0.1, -0.05) is 19.3 Å². The summed E-state index contributed by atoms with van der Waals surface area (Å²) in [6, 6.07) is 4.28. The second-order valence-corrected chi connectivity index (χ2v) is 7.49. The molecule has 6 heteroatoms. The lowest BCUT2D eigenvalue weighted by Crippen LogP contribution is -2.32. The molecule has 3 N–H and O–H groups in total. The number of pyridine rings is 1. The summed E-state index contributed by atoms with van der Waals surface area (Å²) in [6.07, 6.45) is 7.81. The van der Waals surface area contributed by atoms with E-state index in [1.54, 1.807) is 6.92 Å². The molecule has 1 fully saturated rings. The molecule has 1 aliphatic rings. The minimum absolute atomic E-state index is 0.152. The molecule has 1 aliphatic carbocycles. The average molecular weight is 376 g/mol. The van der Waals surface area contributed by atoms with E-state index in [1.807, 2.05) is 13.8 Å². The summed E-state index contributed by atoms with van der Waals surface area (Å²) in [4.78, 5) is 15.0. The fraction of sp³-hybridized carbons (Fsp3) is 0.524. The molecule has 1 heterocycles. The van der Waals surface area contributed by atoms with E-state index in [1.165, 1.54) is 56.5 Å². The van der Waals surface area contributed by atoms with E-state index in [4.69, 9.17) is 10.5 Å². The Labute approximate surface area is 159 Å². The Balaban J connectivity index is 0.000000223. The van der Waals surface area contributed by atoms with Gasteiger partial charge in [0.25, 0.3) is 0 Å². The predicted octanol–water partition coefficient (Wildman–Crippen LogP) is 4.21. The number of fused-ring (bicyclic) bond motifs is 1. The summed E-state index contributed by atoms with van der Waals surface area (Å²) in [6.45, 7) is 6.01. The minimum Gasteiger partial charge on any atom is -0.491 e. The van der Waals surface area contributed by atoms with E-state index in [2.05, 4.69) is 4.98 Å². The van der Waals surface area contributed by atoms with Crippen LogP contribution in [0.3, 0.4) is 0 Å². The second-order valence-electron chi connectivity index (χ2n) is 7.49. The number of hydrogen-bond donors (Lipinski definition) is 2. The van der Waals surface area contributed by atoms with Crippen LogP contribution in [0.2, 0.25) is 0 Å². The number of benzene rings is 1. The van der Waals surface area contributed by atoms with Gasteiger partial charge in [-0.15, -0.1) is 0 Å². The maximum absolute atomic E-state index is 13.6. The number of nitrogens with zero attached hydrogens (tertiary/aromatic N) is 1. The van der Waals surface area contributed by atoms with Crippen molar-refractivity contribution in [1.82, 2.24) is 4.98 Å². The molecule has 1 amide bonds. The first-order chi connectivity index (χ1) is 12.7. The molecule has 0 spiro atoms. The summed E-state index contributed by atoms with van der Waals surface area (Å²) in [5.41, 5.74) is 5.50. The molecular formula is C21H29FN2O3. The lowest BCUT2D eigenvalue weighted by Gasteiger charge is -2.32. The number of hydrogen-bond acceptors (Lipinski definition) is 4. The fourth-order valence-electron chi connectivity index (χ4n) is 3.34. The topological polar surface area (TPSA) is 85.4 Å². The average Bonchev–Trinajstić information content (AvgIpc) is 2.62. The zero-order chi connectivity index (χ0) is 20.0. The molecule has 0 atom stereocenters. The van der Waals surface area contributed by atoms with Crippen LogP contribution in [0.15, 0.2) is 24.4 Å². The number of nitrogens with two attached hydrogens (primary N) is 1. The van der Waals surface area contributed by atoms with Gasteiger partial charge in [0.05, 0.1) is 23.3 Å². The fourth-order valence-corrected chi connectivity index (χ4v) is 3.34. The van der Waals surface area contributed by atoms with Crippen LogP contribution in [0.5, 0.6) is 5.75 Å². The first-order valence-electron chi connectivity index (χ1n) is 9.46. The third-order valence-corrected chi connectivity index (χ3v) is 4.92. The second kappa shape index (κ2) is 9.13. The first-order valence-corrected chi connectivity index (χ1v) is 9.46. The van der Waals surface area contributed by atoms with Gasteiger partial charge in [-0.2, -0.15) is 0 Å². The van der Waals surface area contributed by atoms with Gasteiger partial charge < -0.3 is 15.6 Å². The van der Waals surface area contributed by atoms with E-state index in [9.17, 15) is 14.3 Å². The number of carbonyl (C=O) groups is 1. The lowest BCUT2D eigenvalue weighted by molar-refractivity contribution is 0.000830. The van der Waals surface area contributed by atoms with Crippen molar-refractivity contribution in [2.24, 2.45) is 11.7 Å². The van der Waals surface area contributed by atoms with Crippen molar-refractivity contribution in [2.75, 3.05) is 6.61 Å². The van der Waals surface area contributed by atoms with Crippen molar-refractivity contribution in [2.45, 2.75) is 58.5 Å². The molecule has 5 nitrogen and oxygen atoms in total. The number of aromatic nitrogens is 1. The van der Waals surface area contributed by atoms with Crippen LogP contribution < -0.4 is 10.5 Å². The van der Waals surface area contributed by atoms with Crippen molar-refractivity contribution < 1.29 is 19.0 Å². The van der Waals surface area contributed by atoms with Gasteiger partial charge in [-0.3, -0.25) is 9.78 Å². The number of primary amides is 1. The third kappa shape index (κ3) is 5.89. The standard InChI is InChI=1S/C12H11FN2O2.C9H18O/c1-2-17-11-5-10-7(4-9(11)13)3-8(6-15-10)12(14)16;1-9(2,10)8-6-4-3-5-7-8/h3-6H,2H2,1H3,(H2,14,16);8,10H,3-7H2,1-2H3. The first kappa shape index (κ1) is 21.1. The minimum atomic E-state index is -0.589. The van der Waals surface area contributed by atoms with Gasteiger partial charge in [-0.05, 0) is 51.7 Å². The summed E-state index contributed by atoms with van der Waals surface area (Å²) >= 11 is 0. The van der Waals surface area contributed by atoms with E-state index >= 15 is 0 Å². The highest BCUT2D eigenvalue weighted by Crippen LogP contribution is 2.31. The number of carbonyl (C=O) groups excluding carboxylic acids is 1. The largest absolute Gasteiger partial charge is 0.491 e. The van der Waals surface area contributed by atoms with Gasteiger partial charge >= 0.3 is 0 Å². The highest BCUT2D eigenvalue weighted by atomic mass is 19.1. The molecule has 0 aliphatic heterocycles. The van der Waals surface area contributed by atoms with E-state index in [-0.39, 0.29) is 11.3 Å². The molecule has 0 bridgehead atoms. The Morgan fingerprint density at radius 1 is 1.30 bits per heavy atom. The number of aliphatic hydroxyl groups is 1. The summed E-state index contributed by atoms with van der Waals surface area (Å²) in [7, 11) is 0. The molecular weight excluding hydrogens is 347 g/mol. The van der Waals surface area contributed by atoms with Crippen LogP contribution in [0.25, 0.3) is 10.9 Å². The van der Waals surface area contributed by atoms with Crippen molar-refractivity contribution in [3.05, 3.63) is 35.8 Å². The molecule has 0 radical (unpaired) electrons. The Bertz CT molecular complexity index is 781. The van der Waals surface area contributed by atoms with Crippen LogP contribution >= 0.6 is 0 Å². The van der Waals surface area contributed by atoms with Gasteiger partial charge in [0.2, 0.25) is 5.91 Å². The van der Waals surface area contributed by atoms with Crippen LogP contribution in [-0.4, -0.2) is 28.2 Å². The Kier molecular flexibility index (Phi) is 7.13. The van der Waals surface area contributed by atoms with Gasteiger partial charge in [0, 0.05) is 17.6 Å². The smallest absolute Gasteiger partial charge is 0.250 e. The molecule has 148 valence electrons. The molecule has 1 saturated carbocycles. The lowest BCUT2D eigenvalue weighted by atomic mass is 9.79. The van der Waals surface area contributed by atoms with Crippen molar-refractivity contribution in [1.29, 1.82) is 0 Å². The monoisotopic (exact) mass is 376 g/mol. The van der Waals surface area contributed by atoms with Gasteiger partial charge in [-0.25, -0.2) is 4.39 Å². The van der Waals surface area contributed by atoms with Gasteiger partial charge in [0.15, 0.2) is 11.6 Å². The summed E-state index contributed by atoms with van der Waals surface area (Å²) < 4.78 is 18.7. The number of amides is 1. The van der Waals surface area contributed by atoms with E-state index in [0.717, 1.165) is 0 Å². The predicted molar refractivity (Wildman–Crippen MR) is 104 cm³/mol. The Hall–Kier alpha value is -2.21. The SMILES string of the molecule is CC(C)(O)C1CCCCC1.CCOc1cc2ncc(C(N)=O)cc2cc1F. The third-order valence-electron chi connectivity index (χ3n) is 4.92. The number of rotatable bonds is 4. The quantitative estimate of drug-likeness (QED) is 0.837. The molecule has 1 aromatic carbocycles. The molecule has 0 saturated heterocycles. The molecule has 0 unspecified atom stereocenters. The highest BCUT2D eigenvalue weighted by Gasteiger charge is 2.27. The maximum Gasteiger partial charge on any atom is 0.250 e. The van der Waals surface area contributed by atoms with Crippen molar-refractivity contribution in [3.8, 4) is 5.75 Å². The van der Waals surface area contributed by atoms with Crippen LogP contribution in [-0.2, 0) is 0 Å². The van der Waals surface area contributed by atoms with Crippen molar-refractivity contribution >= 4 is 16.8 Å². The van der Waals surface area contributed by atoms with Crippen molar-refractivity contribution in [3.63, 3.8) is 0 Å². The summed E-state index contributed by atoms with van der Waals surface area (Å²) in [5, 5.41) is 10.2. The maximum atomic E-state index is 13.6. The molecule has 1 aromatic heterocycles. The van der Waals surface area contributed by atoms with Crippen LogP contribution in [0.1, 0.15) is 63.2 Å². The Morgan fingerprint density at radius 3 is 2.48 bits per heavy atom. The molecule has 2 aromatic rings. The normalized spacial score (nSPS) is 15.1. The summed E-state index contributed by atoms with van der Waals surface area (Å²) in [5.74, 6) is -0.364. The zero-order valence-electron chi connectivity index (χ0n) is 16.3. The van der Waals surface area contributed by atoms with E-state index in [0.29, 0.717) is 23.4 Å². The molecule has 3 rings (SSSR count). The van der Waals surface area contributed by atoms with E-state index < -0.39 is 17.3 Å². The zero-order valence-corrected chi connectivity index (χ0v) is 16.3. The number of ether oxygens (including phenoxy) is 1. The highest BCUT2D eigenvalue weighted by molar-refractivity contribution is 5.96. The molecule has 27 heavy (non-hydrogen) atoms. The number of halogens is 1. The van der Waals surface area contributed by atoms with Crippen LogP contribution in [0.4, 0.5) is 4.39 Å². The van der Waals surface area contributed by atoms with Crippen LogP contribution in [0, 0.1) is 11.7 Å². The van der Waals surface area contributed by atoms with Gasteiger partial charge in [0.1, 0.15) is 0 Å². The Morgan fingerprint density at radius 2 is 1.96 bits per heavy atom.